The molecule has 314 valence electrons. The molecule has 6 N–H and O–H groups in total. The summed E-state index contributed by atoms with van der Waals surface area (Å²) in [6.45, 7) is 3.22. The van der Waals surface area contributed by atoms with Crippen molar-refractivity contribution in [1.29, 1.82) is 0 Å². The number of esters is 2. The maximum atomic E-state index is 12.6. The van der Waals surface area contributed by atoms with Crippen molar-refractivity contribution in [2.45, 2.75) is 173 Å². The number of aliphatic hydroxyl groups is 3. The van der Waals surface area contributed by atoms with E-state index >= 15 is 0 Å². The van der Waals surface area contributed by atoms with E-state index in [0.717, 1.165) is 57.8 Å². The molecule has 0 spiro atoms. The van der Waals surface area contributed by atoms with Crippen molar-refractivity contribution in [3.63, 3.8) is 0 Å². The first-order valence-corrected chi connectivity index (χ1v) is 22.2. The molecule has 0 aromatic carbocycles. The smallest absolute Gasteiger partial charge is 0.461 e. The van der Waals surface area contributed by atoms with Gasteiger partial charge >= 0.3 is 19.8 Å². The lowest BCUT2D eigenvalue weighted by Crippen LogP contribution is -2.29. The van der Waals surface area contributed by atoms with E-state index in [1.54, 1.807) is 24.3 Å². The fraction of sp³-hybridized carbons (Fsp3) is 0.805. The standard InChI is InChI=1S/C41H74NO11P/c1-3-5-7-8-9-10-11-12-13-14-15-16-17-18-20-26-41(47)53-35(33-52-54(48,49)51-30-29-42)32-50-40(46)25-22-21-24-36-37(39(45)31-38(36)44)28-27-34(43)23-19-6-4-2/h12-13,21-22,27-28,34-39,43-45H,3-11,14-20,23-26,29-33,42H2,1-2H3,(H,48,49)/b13-12-,22-21-,28-27+/t34-,35-,36+,37-,38+,39-/m1/s1. The Bertz CT molecular complexity index is 1100. The van der Waals surface area contributed by atoms with Crippen molar-refractivity contribution in [1.82, 2.24) is 0 Å². The summed E-state index contributed by atoms with van der Waals surface area (Å²) in [5.74, 6) is -1.74. The average Bonchev–Trinajstić information content (AvgIpc) is 3.41. The normalized spacial score (nSPS) is 21.2. The van der Waals surface area contributed by atoms with Gasteiger partial charge in [-0.1, -0.05) is 121 Å². The summed E-state index contributed by atoms with van der Waals surface area (Å²) in [5, 5.41) is 31.3. The van der Waals surface area contributed by atoms with Gasteiger partial charge in [0.15, 0.2) is 6.10 Å². The van der Waals surface area contributed by atoms with Gasteiger partial charge < -0.3 is 35.4 Å². The highest BCUT2D eigenvalue weighted by Crippen LogP contribution is 2.43. The Hall–Kier alpha value is -1.89. The van der Waals surface area contributed by atoms with Crippen LogP contribution in [-0.4, -0.2) is 82.9 Å². The van der Waals surface area contributed by atoms with Crippen molar-refractivity contribution in [3.8, 4) is 0 Å². The Balaban J connectivity index is 2.48. The number of hydrogen-bond donors (Lipinski definition) is 5. The van der Waals surface area contributed by atoms with Crippen molar-refractivity contribution < 1.29 is 52.9 Å². The monoisotopic (exact) mass is 787 g/mol. The van der Waals surface area contributed by atoms with Crippen LogP contribution in [0.5, 0.6) is 0 Å². The van der Waals surface area contributed by atoms with Crippen LogP contribution in [0.2, 0.25) is 0 Å². The van der Waals surface area contributed by atoms with E-state index in [9.17, 15) is 34.4 Å². The molecule has 0 heterocycles. The molecule has 1 fully saturated rings. The van der Waals surface area contributed by atoms with Gasteiger partial charge in [0.2, 0.25) is 0 Å². The molecule has 0 aliphatic heterocycles. The van der Waals surface area contributed by atoms with E-state index in [0.29, 0.717) is 19.3 Å². The van der Waals surface area contributed by atoms with Crippen LogP contribution in [0.15, 0.2) is 36.5 Å². The second-order valence-corrected chi connectivity index (χ2v) is 15.9. The number of hydrogen-bond acceptors (Lipinski definition) is 11. The minimum atomic E-state index is -4.46. The summed E-state index contributed by atoms with van der Waals surface area (Å²) in [6.07, 6.45) is 27.3. The summed E-state index contributed by atoms with van der Waals surface area (Å²) >= 11 is 0. The lowest BCUT2D eigenvalue weighted by Gasteiger charge is -2.20. The third kappa shape index (κ3) is 26.1. The molecule has 0 radical (unpaired) electrons. The number of aliphatic hydroxyl groups excluding tert-OH is 3. The zero-order chi connectivity index (χ0) is 39.9. The van der Waals surface area contributed by atoms with Crippen molar-refractivity contribution in [2.75, 3.05) is 26.4 Å². The predicted octanol–water partition coefficient (Wildman–Crippen LogP) is 7.76. The molecule has 54 heavy (non-hydrogen) atoms. The van der Waals surface area contributed by atoms with Crippen LogP contribution >= 0.6 is 7.82 Å². The molecular weight excluding hydrogens is 713 g/mol. The van der Waals surface area contributed by atoms with Gasteiger partial charge in [-0.25, -0.2) is 4.57 Å². The minimum Gasteiger partial charge on any atom is -0.461 e. The van der Waals surface area contributed by atoms with Gasteiger partial charge in [-0.3, -0.25) is 18.6 Å². The summed E-state index contributed by atoms with van der Waals surface area (Å²) in [4.78, 5) is 35.0. The molecule has 1 rings (SSSR count). The van der Waals surface area contributed by atoms with Crippen LogP contribution in [-0.2, 0) is 32.7 Å². The Morgan fingerprint density at radius 2 is 1.43 bits per heavy atom. The number of carbonyl (C=O) groups excluding carboxylic acids is 2. The second kappa shape index (κ2) is 32.2. The molecule has 1 aliphatic carbocycles. The maximum Gasteiger partial charge on any atom is 0.472 e. The SMILES string of the molecule is CCCCCCCC/C=C\CCCCCCCC(=O)O[C@H](COC(=O)C/C=C\C[C@H]1[C@@H](/C=C/[C@H](O)CCCCC)[C@H](O)C[C@@H]1O)COP(=O)(O)OCCN. The third-order valence-corrected chi connectivity index (χ3v) is 10.6. The molecule has 1 saturated carbocycles. The van der Waals surface area contributed by atoms with Crippen LogP contribution < -0.4 is 5.73 Å². The Morgan fingerprint density at radius 1 is 0.796 bits per heavy atom. The molecule has 1 unspecified atom stereocenters. The third-order valence-electron chi connectivity index (χ3n) is 9.60. The van der Waals surface area contributed by atoms with Gasteiger partial charge in [-0.15, -0.1) is 0 Å². The Kier molecular flexibility index (Phi) is 29.9. The maximum absolute atomic E-state index is 12.6. The number of allylic oxidation sites excluding steroid dienone is 3. The zero-order valence-corrected chi connectivity index (χ0v) is 34.2. The highest BCUT2D eigenvalue weighted by molar-refractivity contribution is 7.47. The first-order valence-electron chi connectivity index (χ1n) is 20.7. The Labute approximate surface area is 325 Å². The lowest BCUT2D eigenvalue weighted by atomic mass is 9.89. The van der Waals surface area contributed by atoms with Crippen LogP contribution in [0.1, 0.15) is 149 Å². The quantitative estimate of drug-likeness (QED) is 0.0184. The number of rotatable bonds is 34. The second-order valence-electron chi connectivity index (χ2n) is 14.5. The van der Waals surface area contributed by atoms with Gasteiger partial charge in [0.25, 0.3) is 0 Å². The average molecular weight is 788 g/mol. The number of phosphoric ester groups is 1. The van der Waals surface area contributed by atoms with E-state index in [-0.39, 0.29) is 50.9 Å². The highest BCUT2D eigenvalue weighted by Gasteiger charge is 2.39. The first kappa shape index (κ1) is 50.1. The molecule has 7 atom stereocenters. The summed E-state index contributed by atoms with van der Waals surface area (Å²) in [7, 11) is -4.46. The van der Waals surface area contributed by atoms with Crippen LogP contribution in [0.3, 0.4) is 0 Å². The first-order chi connectivity index (χ1) is 26.0. The summed E-state index contributed by atoms with van der Waals surface area (Å²) in [5.41, 5.74) is 5.33. The Morgan fingerprint density at radius 3 is 2.09 bits per heavy atom. The van der Waals surface area contributed by atoms with E-state index < -0.39 is 50.8 Å². The van der Waals surface area contributed by atoms with E-state index in [1.807, 2.05) is 0 Å². The van der Waals surface area contributed by atoms with E-state index in [1.165, 1.54) is 38.5 Å². The summed E-state index contributed by atoms with van der Waals surface area (Å²) in [6, 6.07) is 0. The lowest BCUT2D eigenvalue weighted by molar-refractivity contribution is -0.160. The van der Waals surface area contributed by atoms with Gasteiger partial charge in [-0.2, -0.15) is 0 Å². The number of ether oxygens (including phenoxy) is 2. The predicted molar refractivity (Wildman–Crippen MR) is 212 cm³/mol. The fourth-order valence-corrected chi connectivity index (χ4v) is 7.19. The summed E-state index contributed by atoms with van der Waals surface area (Å²) < 4.78 is 32.6. The molecule has 1 aliphatic rings. The van der Waals surface area contributed by atoms with Crippen LogP contribution in [0.25, 0.3) is 0 Å². The molecule has 12 nitrogen and oxygen atoms in total. The van der Waals surface area contributed by atoms with Gasteiger partial charge in [0.05, 0.1) is 37.9 Å². The molecular formula is C41H74NO11P. The van der Waals surface area contributed by atoms with Crippen molar-refractivity contribution >= 4 is 19.8 Å². The molecule has 0 saturated heterocycles. The highest BCUT2D eigenvalue weighted by atomic mass is 31.2. The molecule has 0 aromatic heterocycles. The molecule has 0 aromatic rings. The fourth-order valence-electron chi connectivity index (χ4n) is 6.42. The molecule has 13 heteroatoms. The minimum absolute atomic E-state index is 0.00725. The topological polar surface area (TPSA) is 195 Å². The van der Waals surface area contributed by atoms with Crippen molar-refractivity contribution in [2.24, 2.45) is 17.6 Å². The van der Waals surface area contributed by atoms with Gasteiger partial charge in [0, 0.05) is 25.3 Å². The molecule has 0 bridgehead atoms. The van der Waals surface area contributed by atoms with Crippen LogP contribution in [0, 0.1) is 11.8 Å². The number of phosphoric acid groups is 1. The zero-order valence-electron chi connectivity index (χ0n) is 33.3. The molecule has 0 amide bonds. The van der Waals surface area contributed by atoms with Crippen LogP contribution in [0.4, 0.5) is 0 Å². The van der Waals surface area contributed by atoms with Crippen molar-refractivity contribution in [3.05, 3.63) is 36.5 Å². The van der Waals surface area contributed by atoms with Gasteiger partial charge in [0.1, 0.15) is 6.61 Å². The largest absolute Gasteiger partial charge is 0.472 e. The van der Waals surface area contributed by atoms with E-state index in [2.05, 4.69) is 26.0 Å². The number of nitrogens with two attached hydrogens (primary N) is 1. The van der Waals surface area contributed by atoms with Gasteiger partial charge in [-0.05, 0) is 50.9 Å². The van der Waals surface area contributed by atoms with E-state index in [4.69, 9.17) is 24.3 Å². The number of carbonyl (C=O) groups is 2. The number of unbranched alkanes of at least 4 members (excludes halogenated alkanes) is 13.